The molecule has 0 aliphatic carbocycles. The molecule has 1 aromatic rings. The van der Waals surface area contributed by atoms with E-state index in [9.17, 15) is 8.78 Å². The maximum atomic E-state index is 12.0. The summed E-state index contributed by atoms with van der Waals surface area (Å²) in [6.45, 7) is 0. The molecule has 1 heterocycles. The molecule has 0 aliphatic heterocycles. The van der Waals surface area contributed by atoms with E-state index in [1.165, 1.54) is 12.1 Å². The second kappa shape index (κ2) is 3.45. The number of hydrogen-bond acceptors (Lipinski definition) is 1. The van der Waals surface area contributed by atoms with Crippen LogP contribution in [0.25, 0.3) is 0 Å². The van der Waals surface area contributed by atoms with Crippen molar-refractivity contribution in [3.8, 4) is 0 Å². The van der Waals surface area contributed by atoms with E-state index in [0.717, 1.165) is 0 Å². The van der Waals surface area contributed by atoms with Crippen LogP contribution in [0.1, 0.15) is 12.1 Å². The average molecular weight is 242 g/mol. The minimum atomic E-state index is -2.63. The molecule has 0 aromatic carbocycles. The summed E-state index contributed by atoms with van der Waals surface area (Å²) in [4.78, 5) is 3.51. The largest absolute Gasteiger partial charge is 0.281 e. The third-order valence-corrected chi connectivity index (χ3v) is 1.81. The Morgan fingerprint density at radius 3 is 2.55 bits per heavy atom. The standard InChI is InChI=1S/C6H3BrClF2N/c7-4-2-1-3(8)5(11-4)6(9)10/h1-2,6H. The van der Waals surface area contributed by atoms with Crippen molar-refractivity contribution in [2.75, 3.05) is 0 Å². The van der Waals surface area contributed by atoms with Gasteiger partial charge in [-0.2, -0.15) is 0 Å². The van der Waals surface area contributed by atoms with Crippen LogP contribution in [-0.4, -0.2) is 4.98 Å². The Bertz CT molecular complexity index is 267. The Kier molecular flexibility index (Phi) is 2.78. The predicted molar refractivity (Wildman–Crippen MR) is 41.9 cm³/mol. The van der Waals surface area contributed by atoms with Crippen LogP contribution >= 0.6 is 27.5 Å². The average Bonchev–Trinajstić information content (AvgIpc) is 1.94. The van der Waals surface area contributed by atoms with E-state index in [0.29, 0.717) is 4.60 Å². The van der Waals surface area contributed by atoms with Crippen LogP contribution in [-0.2, 0) is 0 Å². The summed E-state index contributed by atoms with van der Waals surface area (Å²) in [7, 11) is 0. The van der Waals surface area contributed by atoms with Gasteiger partial charge < -0.3 is 0 Å². The molecule has 5 heteroatoms. The normalized spacial score (nSPS) is 10.6. The third-order valence-electron chi connectivity index (χ3n) is 1.05. The summed E-state index contributed by atoms with van der Waals surface area (Å²) in [5.41, 5.74) is -0.388. The van der Waals surface area contributed by atoms with Crippen LogP contribution in [0.5, 0.6) is 0 Å². The van der Waals surface area contributed by atoms with Gasteiger partial charge in [-0.05, 0) is 28.1 Å². The lowest BCUT2D eigenvalue weighted by Crippen LogP contribution is -1.91. The van der Waals surface area contributed by atoms with E-state index in [1.807, 2.05) is 0 Å². The molecule has 0 spiro atoms. The molecule has 0 atom stereocenters. The smallest absolute Gasteiger partial charge is 0.238 e. The molecule has 11 heavy (non-hydrogen) atoms. The van der Waals surface area contributed by atoms with Gasteiger partial charge in [0.05, 0.1) is 5.02 Å². The number of alkyl halides is 2. The van der Waals surface area contributed by atoms with E-state index in [-0.39, 0.29) is 10.7 Å². The van der Waals surface area contributed by atoms with Crippen molar-refractivity contribution in [2.24, 2.45) is 0 Å². The van der Waals surface area contributed by atoms with E-state index in [2.05, 4.69) is 20.9 Å². The second-order valence-electron chi connectivity index (χ2n) is 1.80. The van der Waals surface area contributed by atoms with Gasteiger partial charge in [0, 0.05) is 0 Å². The fourth-order valence-electron chi connectivity index (χ4n) is 0.586. The summed E-state index contributed by atoms with van der Waals surface area (Å²) >= 11 is 8.39. The molecule has 0 radical (unpaired) electrons. The summed E-state index contributed by atoms with van der Waals surface area (Å²) in [5, 5.41) is -0.0109. The topological polar surface area (TPSA) is 12.9 Å². The first-order chi connectivity index (χ1) is 5.11. The van der Waals surface area contributed by atoms with Crippen LogP contribution in [0, 0.1) is 0 Å². The monoisotopic (exact) mass is 241 g/mol. The zero-order valence-corrected chi connectivity index (χ0v) is 7.53. The fraction of sp³-hybridized carbons (Fsp3) is 0.167. The van der Waals surface area contributed by atoms with Crippen molar-refractivity contribution in [1.29, 1.82) is 0 Å². The van der Waals surface area contributed by atoms with Crippen molar-refractivity contribution in [3.63, 3.8) is 0 Å². The molecule has 1 aromatic heterocycles. The maximum absolute atomic E-state index is 12.0. The molecule has 0 saturated carbocycles. The number of hydrogen-bond donors (Lipinski definition) is 0. The molecular formula is C6H3BrClF2N. The molecule has 0 aliphatic rings. The molecule has 0 unspecified atom stereocenters. The molecule has 0 saturated heterocycles. The predicted octanol–water partition coefficient (Wildman–Crippen LogP) is 3.44. The summed E-state index contributed by atoms with van der Waals surface area (Å²) in [5.74, 6) is 0. The highest BCUT2D eigenvalue weighted by molar-refractivity contribution is 9.10. The van der Waals surface area contributed by atoms with Crippen molar-refractivity contribution in [3.05, 3.63) is 27.5 Å². The molecule has 0 N–H and O–H groups in total. The number of pyridine rings is 1. The first-order valence-electron chi connectivity index (χ1n) is 2.71. The van der Waals surface area contributed by atoms with Crippen molar-refractivity contribution in [2.45, 2.75) is 6.43 Å². The van der Waals surface area contributed by atoms with Crippen LogP contribution < -0.4 is 0 Å². The molecular weight excluding hydrogens is 239 g/mol. The highest BCUT2D eigenvalue weighted by Crippen LogP contribution is 2.26. The van der Waals surface area contributed by atoms with Crippen LogP contribution in [0.15, 0.2) is 16.7 Å². The molecule has 0 amide bonds. The van der Waals surface area contributed by atoms with E-state index in [4.69, 9.17) is 11.6 Å². The van der Waals surface area contributed by atoms with Crippen molar-refractivity contribution < 1.29 is 8.78 Å². The van der Waals surface area contributed by atoms with E-state index in [1.54, 1.807) is 0 Å². The summed E-state index contributed by atoms with van der Waals surface area (Å²) in [6, 6.07) is 2.88. The number of nitrogens with zero attached hydrogens (tertiary/aromatic N) is 1. The van der Waals surface area contributed by atoms with E-state index < -0.39 is 6.43 Å². The Hall–Kier alpha value is -0.220. The number of rotatable bonds is 1. The first-order valence-corrected chi connectivity index (χ1v) is 3.88. The zero-order chi connectivity index (χ0) is 8.43. The van der Waals surface area contributed by atoms with Crippen LogP contribution in [0.4, 0.5) is 8.78 Å². The number of halogens is 4. The van der Waals surface area contributed by atoms with Gasteiger partial charge in [-0.25, -0.2) is 13.8 Å². The molecule has 0 fully saturated rings. The minimum absolute atomic E-state index is 0.0109. The van der Waals surface area contributed by atoms with Gasteiger partial charge in [0.25, 0.3) is 6.43 Å². The Labute approximate surface area is 75.5 Å². The fourth-order valence-corrected chi connectivity index (χ4v) is 1.10. The molecule has 60 valence electrons. The maximum Gasteiger partial charge on any atom is 0.281 e. The highest BCUT2D eigenvalue weighted by Gasteiger charge is 2.13. The quantitative estimate of drug-likeness (QED) is 0.688. The molecule has 0 bridgehead atoms. The van der Waals surface area contributed by atoms with Crippen molar-refractivity contribution >= 4 is 27.5 Å². The zero-order valence-electron chi connectivity index (χ0n) is 5.19. The lowest BCUT2D eigenvalue weighted by Gasteiger charge is -2.00. The minimum Gasteiger partial charge on any atom is -0.238 e. The first kappa shape index (κ1) is 8.87. The Morgan fingerprint density at radius 2 is 2.09 bits per heavy atom. The van der Waals surface area contributed by atoms with Gasteiger partial charge in [-0.15, -0.1) is 0 Å². The molecule has 1 nitrogen and oxygen atoms in total. The van der Waals surface area contributed by atoms with Crippen LogP contribution in [0.2, 0.25) is 5.02 Å². The SMILES string of the molecule is FC(F)c1nc(Br)ccc1Cl. The number of aromatic nitrogens is 1. The van der Waals surface area contributed by atoms with Gasteiger partial charge in [0.2, 0.25) is 0 Å². The van der Waals surface area contributed by atoms with Crippen LogP contribution in [0.3, 0.4) is 0 Å². The van der Waals surface area contributed by atoms with Gasteiger partial charge in [-0.3, -0.25) is 0 Å². The van der Waals surface area contributed by atoms with Gasteiger partial charge in [0.1, 0.15) is 10.3 Å². The van der Waals surface area contributed by atoms with Gasteiger partial charge in [-0.1, -0.05) is 11.6 Å². The highest BCUT2D eigenvalue weighted by atomic mass is 79.9. The summed E-state index contributed by atoms with van der Waals surface area (Å²) < 4.78 is 24.4. The Balaban J connectivity index is 3.13. The lowest BCUT2D eigenvalue weighted by molar-refractivity contribution is 0.146. The Morgan fingerprint density at radius 1 is 1.45 bits per heavy atom. The van der Waals surface area contributed by atoms with Crippen molar-refractivity contribution in [1.82, 2.24) is 4.98 Å². The van der Waals surface area contributed by atoms with E-state index >= 15 is 0 Å². The molecule has 1 rings (SSSR count). The van der Waals surface area contributed by atoms with Gasteiger partial charge in [0.15, 0.2) is 0 Å². The lowest BCUT2D eigenvalue weighted by atomic mass is 10.4. The third kappa shape index (κ3) is 2.10. The second-order valence-corrected chi connectivity index (χ2v) is 3.02. The summed E-state index contributed by atoms with van der Waals surface area (Å²) in [6.07, 6.45) is -2.63. The van der Waals surface area contributed by atoms with Gasteiger partial charge >= 0.3 is 0 Å².